The summed E-state index contributed by atoms with van der Waals surface area (Å²) >= 11 is 0. The van der Waals surface area contributed by atoms with Crippen LogP contribution in [0.2, 0.25) is 0 Å². The van der Waals surface area contributed by atoms with E-state index in [2.05, 4.69) is 9.98 Å². The first-order valence-electron chi connectivity index (χ1n) is 6.44. The van der Waals surface area contributed by atoms with Crippen LogP contribution in [0.15, 0.2) is 16.1 Å². The Morgan fingerprint density at radius 1 is 1.00 bits per heavy atom. The Balaban J connectivity index is 3.83. The molecular formula is C15H18N2O2. The van der Waals surface area contributed by atoms with E-state index >= 15 is 0 Å². The molecule has 100 valence electrons. The van der Waals surface area contributed by atoms with Crippen LogP contribution in [0, 0.1) is 0 Å². The van der Waals surface area contributed by atoms with Crippen molar-refractivity contribution in [2.75, 3.05) is 0 Å². The molecule has 0 heterocycles. The van der Waals surface area contributed by atoms with Crippen molar-refractivity contribution in [1.29, 1.82) is 0 Å². The molecular weight excluding hydrogens is 240 g/mol. The first-order chi connectivity index (χ1) is 9.10. The molecule has 0 aliphatic carbocycles. The zero-order valence-electron chi connectivity index (χ0n) is 11.8. The Labute approximate surface area is 113 Å². The summed E-state index contributed by atoms with van der Waals surface area (Å²) in [7, 11) is 0. The maximum absolute atomic E-state index is 10.6. The molecule has 0 unspecified atom stereocenters. The highest BCUT2D eigenvalue weighted by Crippen LogP contribution is 2.41. The van der Waals surface area contributed by atoms with Gasteiger partial charge in [-0.25, -0.2) is 9.59 Å². The number of benzene rings is 1. The summed E-state index contributed by atoms with van der Waals surface area (Å²) in [6.07, 6.45) is 4.72. The first kappa shape index (κ1) is 15.0. The van der Waals surface area contributed by atoms with Crippen molar-refractivity contribution < 1.29 is 9.59 Å². The van der Waals surface area contributed by atoms with Gasteiger partial charge in [-0.2, -0.15) is 9.98 Å². The molecule has 4 nitrogen and oxygen atoms in total. The van der Waals surface area contributed by atoms with Crippen molar-refractivity contribution in [3.63, 3.8) is 0 Å². The lowest BCUT2D eigenvalue weighted by Crippen LogP contribution is -1.98. The fourth-order valence-corrected chi connectivity index (χ4v) is 2.25. The number of hydrogen-bond acceptors (Lipinski definition) is 4. The molecule has 0 atom stereocenters. The van der Waals surface area contributed by atoms with Crippen LogP contribution in [0.25, 0.3) is 0 Å². The Hall–Kier alpha value is -2.02. The number of carbonyl (C=O) groups excluding carboxylic acids is 2. The molecule has 0 aromatic heterocycles. The highest BCUT2D eigenvalue weighted by molar-refractivity contribution is 5.73. The molecule has 4 heteroatoms. The van der Waals surface area contributed by atoms with Crippen LogP contribution in [0.5, 0.6) is 0 Å². The zero-order valence-corrected chi connectivity index (χ0v) is 11.8. The first-order valence-corrected chi connectivity index (χ1v) is 6.44. The average molecular weight is 258 g/mol. The van der Waals surface area contributed by atoms with E-state index < -0.39 is 0 Å². The predicted molar refractivity (Wildman–Crippen MR) is 74.9 cm³/mol. The Kier molecular flexibility index (Phi) is 5.37. The van der Waals surface area contributed by atoms with Crippen molar-refractivity contribution in [2.24, 2.45) is 9.98 Å². The average Bonchev–Trinajstić information content (AvgIpc) is 2.39. The van der Waals surface area contributed by atoms with E-state index in [-0.39, 0.29) is 5.92 Å². The summed E-state index contributed by atoms with van der Waals surface area (Å²) in [5.74, 6) is 0.107. The van der Waals surface area contributed by atoms with Crippen molar-refractivity contribution in [2.45, 2.75) is 46.5 Å². The van der Waals surface area contributed by atoms with Gasteiger partial charge in [-0.15, -0.1) is 0 Å². The minimum atomic E-state index is 0.107. The molecule has 0 N–H and O–H groups in total. The fourth-order valence-electron chi connectivity index (χ4n) is 2.25. The van der Waals surface area contributed by atoms with Gasteiger partial charge >= 0.3 is 0 Å². The maximum atomic E-state index is 10.6. The summed E-state index contributed by atoms with van der Waals surface area (Å²) in [5.41, 5.74) is 3.97. The molecule has 0 aliphatic heterocycles. The third kappa shape index (κ3) is 3.05. The topological polar surface area (TPSA) is 58.9 Å². The Bertz CT molecular complexity index is 520. The molecule has 0 saturated heterocycles. The number of aryl methyl sites for hydroxylation is 2. The van der Waals surface area contributed by atoms with Crippen LogP contribution < -0.4 is 0 Å². The predicted octanol–water partition coefficient (Wildman–Crippen LogP) is 3.87. The van der Waals surface area contributed by atoms with Crippen LogP contribution in [0.4, 0.5) is 11.4 Å². The molecule has 0 saturated carbocycles. The molecule has 1 aromatic rings. The van der Waals surface area contributed by atoms with Gasteiger partial charge in [-0.05, 0) is 29.9 Å². The fraction of sp³-hybridized carbons (Fsp3) is 0.467. The van der Waals surface area contributed by atoms with E-state index in [9.17, 15) is 9.59 Å². The van der Waals surface area contributed by atoms with Crippen LogP contribution >= 0.6 is 0 Å². The van der Waals surface area contributed by atoms with E-state index in [1.807, 2.05) is 33.8 Å². The van der Waals surface area contributed by atoms with Gasteiger partial charge in [0.1, 0.15) is 0 Å². The highest BCUT2D eigenvalue weighted by atomic mass is 16.1. The lowest BCUT2D eigenvalue weighted by atomic mass is 9.91. The van der Waals surface area contributed by atoms with Crippen molar-refractivity contribution >= 4 is 23.5 Å². The van der Waals surface area contributed by atoms with Crippen molar-refractivity contribution in [3.8, 4) is 0 Å². The molecule has 1 rings (SSSR count). The summed E-state index contributed by atoms with van der Waals surface area (Å²) in [4.78, 5) is 28.9. The highest BCUT2D eigenvalue weighted by Gasteiger charge is 2.19. The van der Waals surface area contributed by atoms with E-state index in [1.54, 1.807) is 12.2 Å². The van der Waals surface area contributed by atoms with Crippen LogP contribution in [-0.2, 0) is 22.4 Å². The molecule has 0 bridgehead atoms. The summed E-state index contributed by atoms with van der Waals surface area (Å²) in [5, 5.41) is 0. The third-order valence-electron chi connectivity index (χ3n) is 3.12. The van der Waals surface area contributed by atoms with Gasteiger partial charge in [-0.3, -0.25) is 0 Å². The minimum Gasteiger partial charge on any atom is -0.211 e. The molecule has 1 aromatic carbocycles. The zero-order chi connectivity index (χ0) is 14.4. The SMILES string of the molecule is CCc1cc(CC)c(N=C=O)c(C(C)C)c1N=C=O. The van der Waals surface area contributed by atoms with Crippen LogP contribution in [0.1, 0.15) is 50.3 Å². The normalized spacial score (nSPS) is 9.95. The molecule has 0 amide bonds. The minimum absolute atomic E-state index is 0.107. The van der Waals surface area contributed by atoms with E-state index in [1.165, 1.54) is 0 Å². The maximum Gasteiger partial charge on any atom is 0.240 e. The smallest absolute Gasteiger partial charge is 0.211 e. The second kappa shape index (κ2) is 6.79. The summed E-state index contributed by atoms with van der Waals surface area (Å²) in [6.45, 7) is 7.99. The number of nitrogens with zero attached hydrogens (tertiary/aromatic N) is 2. The molecule has 19 heavy (non-hydrogen) atoms. The Morgan fingerprint density at radius 3 is 1.68 bits per heavy atom. The largest absolute Gasteiger partial charge is 0.240 e. The lowest BCUT2D eigenvalue weighted by molar-refractivity contribution is 0.564. The van der Waals surface area contributed by atoms with Crippen molar-refractivity contribution in [3.05, 3.63) is 22.8 Å². The van der Waals surface area contributed by atoms with Gasteiger partial charge in [0.15, 0.2) is 0 Å². The monoisotopic (exact) mass is 258 g/mol. The van der Waals surface area contributed by atoms with Crippen molar-refractivity contribution in [1.82, 2.24) is 0 Å². The van der Waals surface area contributed by atoms with Gasteiger partial charge < -0.3 is 0 Å². The van der Waals surface area contributed by atoms with Crippen LogP contribution in [0.3, 0.4) is 0 Å². The second-order valence-corrected chi connectivity index (χ2v) is 4.57. The number of rotatable bonds is 5. The van der Waals surface area contributed by atoms with Gasteiger partial charge in [0.2, 0.25) is 12.2 Å². The number of hydrogen-bond donors (Lipinski definition) is 0. The van der Waals surface area contributed by atoms with Crippen LogP contribution in [-0.4, -0.2) is 12.2 Å². The molecule has 0 aliphatic rings. The lowest BCUT2D eigenvalue weighted by Gasteiger charge is -2.17. The molecule has 0 radical (unpaired) electrons. The van der Waals surface area contributed by atoms with E-state index in [0.29, 0.717) is 11.4 Å². The van der Waals surface area contributed by atoms with Gasteiger partial charge in [-0.1, -0.05) is 33.8 Å². The van der Waals surface area contributed by atoms with E-state index in [4.69, 9.17) is 0 Å². The standard InChI is InChI=1S/C15H18N2O2/c1-5-11-7-12(6-2)15(17-9-19)13(10(3)4)14(11)16-8-18/h7,10H,5-6H2,1-4H3. The molecule has 0 spiro atoms. The summed E-state index contributed by atoms with van der Waals surface area (Å²) in [6, 6.07) is 1.96. The number of aliphatic imine (C=N–C) groups is 2. The molecule has 0 fully saturated rings. The van der Waals surface area contributed by atoms with Gasteiger partial charge in [0.05, 0.1) is 11.4 Å². The number of isocyanates is 2. The summed E-state index contributed by atoms with van der Waals surface area (Å²) < 4.78 is 0. The quantitative estimate of drug-likeness (QED) is 0.594. The van der Waals surface area contributed by atoms with Gasteiger partial charge in [0, 0.05) is 5.56 Å². The third-order valence-corrected chi connectivity index (χ3v) is 3.12. The Morgan fingerprint density at radius 2 is 1.42 bits per heavy atom. The van der Waals surface area contributed by atoms with Gasteiger partial charge in [0.25, 0.3) is 0 Å². The second-order valence-electron chi connectivity index (χ2n) is 4.57. The van der Waals surface area contributed by atoms with E-state index in [0.717, 1.165) is 29.5 Å².